The Hall–Kier alpha value is -3.18. The molecule has 0 saturated heterocycles. The summed E-state index contributed by atoms with van der Waals surface area (Å²) >= 11 is 7.38. The lowest BCUT2D eigenvalue weighted by molar-refractivity contribution is 0.627. The van der Waals surface area contributed by atoms with Crippen LogP contribution in [0, 0.1) is 9.39 Å². The van der Waals surface area contributed by atoms with E-state index in [0.717, 1.165) is 9.26 Å². The molecule has 0 saturated carbocycles. The molecule has 0 bridgehead atoms. The predicted octanol–water partition coefficient (Wildman–Crippen LogP) is 4.45. The van der Waals surface area contributed by atoms with E-state index in [-0.39, 0.29) is 16.5 Å². The fourth-order valence-corrected chi connectivity index (χ4v) is 3.59. The van der Waals surface area contributed by atoms with Gasteiger partial charge in [-0.2, -0.15) is 5.10 Å². The molecule has 154 valence electrons. The third-order valence-corrected chi connectivity index (χ3v) is 5.18. The van der Waals surface area contributed by atoms with Crippen molar-refractivity contribution in [2.24, 2.45) is 5.10 Å². The first-order valence-electron chi connectivity index (χ1n) is 9.14. The van der Waals surface area contributed by atoms with Gasteiger partial charge in [-0.15, -0.1) is 0 Å². The van der Waals surface area contributed by atoms with E-state index >= 15 is 0 Å². The number of fused-ring (bicyclic) bond motifs is 1. The quantitative estimate of drug-likeness (QED) is 0.172. The Balaban J connectivity index is 1.70. The van der Waals surface area contributed by atoms with E-state index in [2.05, 4.69) is 43.4 Å². The van der Waals surface area contributed by atoms with Crippen LogP contribution in [-0.4, -0.2) is 20.9 Å². The van der Waals surface area contributed by atoms with Crippen molar-refractivity contribution in [1.82, 2.24) is 15.0 Å². The minimum Gasteiger partial charge on any atom is -0.331 e. The van der Waals surface area contributed by atoms with Gasteiger partial charge in [0.1, 0.15) is 5.82 Å². The highest BCUT2D eigenvalue weighted by Gasteiger charge is 2.12. The summed E-state index contributed by atoms with van der Waals surface area (Å²) in [4.78, 5) is 17.8. The second-order valence-electron chi connectivity index (χ2n) is 6.44. The Kier molecular flexibility index (Phi) is 6.33. The summed E-state index contributed by atoms with van der Waals surface area (Å²) in [5.41, 5.74) is 4.27. The van der Waals surface area contributed by atoms with Crippen LogP contribution in [0.3, 0.4) is 0 Å². The lowest BCUT2D eigenvalue weighted by Gasteiger charge is -2.11. The summed E-state index contributed by atoms with van der Waals surface area (Å²) in [5.74, 6) is -0.116. The lowest BCUT2D eigenvalue weighted by atomic mass is 10.2. The van der Waals surface area contributed by atoms with Crippen LogP contribution in [-0.2, 0) is 0 Å². The van der Waals surface area contributed by atoms with Crippen LogP contribution in [0.2, 0.25) is 0 Å². The maximum atomic E-state index is 13.4. The number of hydrogen-bond donors (Lipinski definition) is 2. The van der Waals surface area contributed by atoms with Gasteiger partial charge in [-0.3, -0.25) is 14.8 Å². The van der Waals surface area contributed by atoms with Gasteiger partial charge in [0, 0.05) is 9.26 Å². The van der Waals surface area contributed by atoms with E-state index in [1.54, 1.807) is 12.1 Å². The summed E-state index contributed by atoms with van der Waals surface area (Å²) in [6, 6.07) is 20.4. The van der Waals surface area contributed by atoms with Crippen LogP contribution in [0.5, 0.6) is 0 Å². The van der Waals surface area contributed by atoms with E-state index in [1.807, 2.05) is 36.4 Å². The maximum Gasteiger partial charge on any atom is 0.266 e. The molecule has 0 aliphatic carbocycles. The van der Waals surface area contributed by atoms with Crippen LogP contribution >= 0.6 is 34.8 Å². The number of rotatable bonds is 4. The van der Waals surface area contributed by atoms with Gasteiger partial charge in [0.05, 0.1) is 22.8 Å². The molecule has 9 heteroatoms. The van der Waals surface area contributed by atoms with Gasteiger partial charge in [0.15, 0.2) is 10.9 Å². The van der Waals surface area contributed by atoms with E-state index < -0.39 is 5.82 Å². The van der Waals surface area contributed by atoms with Gasteiger partial charge in [0.2, 0.25) is 0 Å². The Morgan fingerprint density at radius 3 is 2.58 bits per heavy atom. The van der Waals surface area contributed by atoms with Gasteiger partial charge < -0.3 is 5.32 Å². The molecule has 4 aromatic rings. The molecule has 31 heavy (non-hydrogen) atoms. The Morgan fingerprint density at radius 1 is 1.10 bits per heavy atom. The number of nitrogens with one attached hydrogen (secondary N) is 2. The smallest absolute Gasteiger partial charge is 0.266 e. The summed E-state index contributed by atoms with van der Waals surface area (Å²) in [5, 5.41) is 7.88. The molecule has 0 amide bonds. The fraction of sp³-hybridized carbons (Fsp3) is 0. The molecular formula is C22H15FIN5OS. The molecule has 3 aromatic carbocycles. The summed E-state index contributed by atoms with van der Waals surface area (Å²) in [7, 11) is 0. The van der Waals surface area contributed by atoms with Crippen molar-refractivity contribution in [3.05, 3.63) is 98.4 Å². The molecule has 2 N–H and O–H groups in total. The standard InChI is InChI=1S/C22H15FIN5OS/c23-14-6-9-17(10-7-14)29-20(27-19-11-8-15(24)12-18(19)21(29)30)13-25-28-22(31)26-16-4-2-1-3-5-16/h1-13H,(H2,26,28,31)/b25-13+. The maximum absolute atomic E-state index is 13.4. The number of nitrogens with zero attached hydrogens (tertiary/aromatic N) is 3. The molecule has 0 fully saturated rings. The number of anilines is 1. The van der Waals surface area contributed by atoms with E-state index in [1.165, 1.54) is 35.0 Å². The highest BCUT2D eigenvalue weighted by molar-refractivity contribution is 14.1. The second-order valence-corrected chi connectivity index (χ2v) is 8.09. The minimum absolute atomic E-state index is 0.276. The zero-order chi connectivity index (χ0) is 21.8. The third kappa shape index (κ3) is 4.94. The van der Waals surface area contributed by atoms with Gasteiger partial charge >= 0.3 is 0 Å². The monoisotopic (exact) mass is 543 g/mol. The number of thiocarbonyl (C=S) groups is 1. The van der Waals surface area contributed by atoms with Crippen molar-refractivity contribution >= 4 is 62.7 Å². The minimum atomic E-state index is -0.394. The normalized spacial score (nSPS) is 11.0. The molecule has 0 aliphatic heterocycles. The first kappa shape index (κ1) is 21.1. The molecule has 0 atom stereocenters. The van der Waals surface area contributed by atoms with Gasteiger partial charge in [-0.25, -0.2) is 9.37 Å². The Bertz CT molecular complexity index is 1340. The molecule has 0 aliphatic rings. The summed E-state index contributed by atoms with van der Waals surface area (Å²) < 4.78 is 15.7. The van der Waals surface area contributed by atoms with Crippen molar-refractivity contribution in [3.63, 3.8) is 0 Å². The SMILES string of the molecule is O=c1c2cc(I)ccc2nc(/C=N/NC(=S)Nc2ccccc2)n1-c1ccc(F)cc1. The molecule has 0 spiro atoms. The number of halogens is 2. The summed E-state index contributed by atoms with van der Waals surface area (Å²) in [6.45, 7) is 0. The molecular weight excluding hydrogens is 528 g/mol. The van der Waals surface area contributed by atoms with E-state index in [0.29, 0.717) is 16.6 Å². The van der Waals surface area contributed by atoms with Crippen LogP contribution in [0.4, 0.5) is 10.1 Å². The molecule has 1 aromatic heterocycles. The highest BCUT2D eigenvalue weighted by Crippen LogP contribution is 2.16. The molecule has 0 unspecified atom stereocenters. The highest BCUT2D eigenvalue weighted by atomic mass is 127. The van der Waals surface area contributed by atoms with Gasteiger partial charge in [-0.1, -0.05) is 18.2 Å². The average Bonchev–Trinajstić information content (AvgIpc) is 2.76. The largest absolute Gasteiger partial charge is 0.331 e. The third-order valence-electron chi connectivity index (χ3n) is 4.32. The zero-order valence-corrected chi connectivity index (χ0v) is 18.9. The van der Waals surface area contributed by atoms with E-state index in [9.17, 15) is 9.18 Å². The average molecular weight is 543 g/mol. The van der Waals surface area contributed by atoms with Crippen LogP contribution < -0.4 is 16.3 Å². The first-order chi connectivity index (χ1) is 15.0. The van der Waals surface area contributed by atoms with Crippen molar-refractivity contribution in [3.8, 4) is 5.69 Å². The fourth-order valence-electron chi connectivity index (χ4n) is 2.93. The van der Waals surface area contributed by atoms with Crippen LogP contribution in [0.15, 0.2) is 82.7 Å². The predicted molar refractivity (Wildman–Crippen MR) is 133 cm³/mol. The van der Waals surface area contributed by atoms with Crippen LogP contribution in [0.1, 0.15) is 5.82 Å². The topological polar surface area (TPSA) is 71.3 Å². The Morgan fingerprint density at radius 2 is 1.84 bits per heavy atom. The molecule has 0 radical (unpaired) electrons. The van der Waals surface area contributed by atoms with Gasteiger partial charge in [-0.05, 0) is 89.4 Å². The summed E-state index contributed by atoms with van der Waals surface area (Å²) in [6.07, 6.45) is 1.40. The lowest BCUT2D eigenvalue weighted by Crippen LogP contribution is -2.26. The van der Waals surface area contributed by atoms with Crippen LogP contribution in [0.25, 0.3) is 16.6 Å². The van der Waals surface area contributed by atoms with Crippen molar-refractivity contribution in [1.29, 1.82) is 0 Å². The van der Waals surface area contributed by atoms with E-state index in [4.69, 9.17) is 12.2 Å². The zero-order valence-electron chi connectivity index (χ0n) is 15.9. The van der Waals surface area contributed by atoms with Crippen molar-refractivity contribution in [2.75, 3.05) is 5.32 Å². The number of hydrogen-bond acceptors (Lipinski definition) is 4. The van der Waals surface area contributed by atoms with Crippen molar-refractivity contribution < 1.29 is 4.39 Å². The second kappa shape index (κ2) is 9.31. The van der Waals surface area contributed by atoms with Gasteiger partial charge in [0.25, 0.3) is 5.56 Å². The number of para-hydroxylation sites is 1. The number of hydrazone groups is 1. The van der Waals surface area contributed by atoms with Crippen molar-refractivity contribution in [2.45, 2.75) is 0 Å². The first-order valence-corrected chi connectivity index (χ1v) is 10.6. The Labute approximate surface area is 196 Å². The number of benzene rings is 3. The number of aromatic nitrogens is 2. The molecule has 4 rings (SSSR count). The molecule has 6 nitrogen and oxygen atoms in total. The molecule has 1 heterocycles.